The van der Waals surface area contributed by atoms with Gasteiger partial charge in [-0.05, 0) is 72.1 Å². The second kappa shape index (κ2) is 13.5. The molecule has 1 aromatic heterocycles. The van der Waals surface area contributed by atoms with Gasteiger partial charge in [0.1, 0.15) is 5.76 Å². The van der Waals surface area contributed by atoms with E-state index in [4.69, 9.17) is 4.74 Å². The van der Waals surface area contributed by atoms with Gasteiger partial charge in [0, 0.05) is 17.1 Å². The molecule has 2 atom stereocenters. The van der Waals surface area contributed by atoms with E-state index in [1.165, 1.54) is 16.2 Å². The summed E-state index contributed by atoms with van der Waals surface area (Å²) in [5.41, 5.74) is 2.60. The van der Waals surface area contributed by atoms with E-state index in [-0.39, 0.29) is 10.8 Å². The number of rotatable bonds is 9. The number of anilines is 1. The van der Waals surface area contributed by atoms with Crippen molar-refractivity contribution in [1.29, 1.82) is 0 Å². The minimum Gasteiger partial charge on any atom is -0.497 e. The lowest BCUT2D eigenvalue weighted by Gasteiger charge is -2.22. The average Bonchev–Trinajstić information content (AvgIpc) is 3.20. The summed E-state index contributed by atoms with van der Waals surface area (Å²) < 4.78 is 8.09. The van der Waals surface area contributed by atoms with Crippen LogP contribution in [0.5, 0.6) is 0 Å². The summed E-state index contributed by atoms with van der Waals surface area (Å²) in [6.45, 7) is 8.95. The third kappa shape index (κ3) is 7.14. The molecule has 7 heteroatoms. The summed E-state index contributed by atoms with van der Waals surface area (Å²) >= 11 is 3.01. The predicted molar refractivity (Wildman–Crippen MR) is 154 cm³/mol. The molecule has 0 fully saturated rings. The van der Waals surface area contributed by atoms with E-state index >= 15 is 0 Å². The molecule has 1 aliphatic carbocycles. The van der Waals surface area contributed by atoms with Gasteiger partial charge in [0.05, 0.1) is 23.7 Å². The number of allylic oxidation sites excluding steroid dienone is 3. The molecule has 1 amide bonds. The van der Waals surface area contributed by atoms with Crippen LogP contribution in [-0.2, 0) is 22.5 Å². The lowest BCUT2D eigenvalue weighted by atomic mass is 9.87. The highest BCUT2D eigenvalue weighted by Gasteiger charge is 2.19. The minimum atomic E-state index is -0.0675. The van der Waals surface area contributed by atoms with E-state index in [0.29, 0.717) is 30.5 Å². The molecule has 0 saturated carbocycles. The van der Waals surface area contributed by atoms with Crippen molar-refractivity contribution in [2.24, 2.45) is 11.8 Å². The summed E-state index contributed by atoms with van der Waals surface area (Å²) in [5.74, 6) is 2.57. The van der Waals surface area contributed by atoms with Crippen LogP contribution in [-0.4, -0.2) is 23.3 Å². The number of thiazole rings is 1. The van der Waals surface area contributed by atoms with Crippen LogP contribution in [0, 0.1) is 11.8 Å². The van der Waals surface area contributed by atoms with Gasteiger partial charge >= 0.3 is 4.87 Å². The van der Waals surface area contributed by atoms with Crippen LogP contribution in [0.2, 0.25) is 0 Å². The average molecular weight is 525 g/mol. The Morgan fingerprint density at radius 2 is 1.92 bits per heavy atom. The van der Waals surface area contributed by atoms with Gasteiger partial charge in [0.2, 0.25) is 5.91 Å². The van der Waals surface area contributed by atoms with E-state index in [1.54, 1.807) is 18.9 Å². The van der Waals surface area contributed by atoms with Crippen molar-refractivity contribution >= 4 is 44.9 Å². The Labute approximate surface area is 222 Å². The number of amides is 1. The first-order valence-electron chi connectivity index (χ1n) is 12.6. The van der Waals surface area contributed by atoms with Crippen LogP contribution in [0.25, 0.3) is 10.2 Å². The van der Waals surface area contributed by atoms with Crippen LogP contribution >= 0.6 is 23.1 Å². The highest BCUT2D eigenvalue weighted by atomic mass is 32.2. The van der Waals surface area contributed by atoms with E-state index in [0.717, 1.165) is 33.7 Å². The van der Waals surface area contributed by atoms with Crippen molar-refractivity contribution in [2.45, 2.75) is 52.0 Å². The molecule has 2 unspecified atom stereocenters. The molecule has 2 aromatic carbocycles. The van der Waals surface area contributed by atoms with Gasteiger partial charge in [-0.1, -0.05) is 57.2 Å². The molecule has 192 valence electrons. The summed E-state index contributed by atoms with van der Waals surface area (Å²) in [6.07, 6.45) is 7.48. The fraction of sp³-hybridized carbons (Fsp3) is 0.379. The fourth-order valence-electron chi connectivity index (χ4n) is 4.18. The van der Waals surface area contributed by atoms with Gasteiger partial charge in [-0.3, -0.25) is 14.2 Å². The summed E-state index contributed by atoms with van der Waals surface area (Å²) in [7, 11) is 1.68. The molecule has 1 N–H and O–H groups in total. The maximum Gasteiger partial charge on any atom is 0.308 e. The Morgan fingerprint density at radius 1 is 1.17 bits per heavy atom. The summed E-state index contributed by atoms with van der Waals surface area (Å²) in [6, 6.07) is 13.8. The summed E-state index contributed by atoms with van der Waals surface area (Å²) in [5, 5.41) is 2.97. The van der Waals surface area contributed by atoms with Crippen molar-refractivity contribution in [2.75, 3.05) is 18.2 Å². The SMILES string of the molecule is CC.CCSc1ccc(CC(=O)Nc2ccc3c(c2)sc(=O)n3CCC2C=C(OC)C=CC2C)cc1. The summed E-state index contributed by atoms with van der Waals surface area (Å²) in [4.78, 5) is 26.5. The standard InChI is InChI=1S/C27H30N2O3S2.C2H6/c1-4-33-23-10-6-19(7-11-23)15-26(30)28-21-8-12-24-25(17-21)34-27(31)29(24)14-13-20-16-22(32-3)9-5-18(20)2;1-2/h5-12,16-18,20H,4,13-15H2,1-3H3,(H,28,30);1-2H3. The number of fused-ring (bicyclic) bond motifs is 1. The van der Waals surface area contributed by atoms with Crippen molar-refractivity contribution in [3.8, 4) is 0 Å². The number of aromatic nitrogens is 1. The maximum absolute atomic E-state index is 12.7. The molecule has 36 heavy (non-hydrogen) atoms. The number of benzene rings is 2. The fourth-order valence-corrected chi connectivity index (χ4v) is 5.80. The molecule has 4 rings (SSSR count). The van der Waals surface area contributed by atoms with Crippen molar-refractivity contribution in [3.05, 3.63) is 81.7 Å². The lowest BCUT2D eigenvalue weighted by Crippen LogP contribution is -2.18. The molecule has 0 saturated heterocycles. The number of thioether (sulfide) groups is 1. The first-order chi connectivity index (χ1) is 17.5. The molecule has 0 aliphatic heterocycles. The van der Waals surface area contributed by atoms with Gasteiger partial charge in [0.15, 0.2) is 0 Å². The number of carbonyl (C=O) groups excluding carboxylic acids is 1. The van der Waals surface area contributed by atoms with Crippen LogP contribution in [0.4, 0.5) is 5.69 Å². The zero-order valence-electron chi connectivity index (χ0n) is 21.7. The highest BCUT2D eigenvalue weighted by Crippen LogP contribution is 2.28. The number of methoxy groups -OCH3 is 1. The third-order valence-electron chi connectivity index (χ3n) is 6.09. The molecule has 3 aromatic rings. The number of hydrogen-bond donors (Lipinski definition) is 1. The largest absolute Gasteiger partial charge is 0.497 e. The van der Waals surface area contributed by atoms with Crippen molar-refractivity contribution in [1.82, 2.24) is 4.57 Å². The number of ether oxygens (including phenoxy) is 1. The highest BCUT2D eigenvalue weighted by molar-refractivity contribution is 7.99. The number of nitrogens with one attached hydrogen (secondary N) is 1. The topological polar surface area (TPSA) is 60.3 Å². The lowest BCUT2D eigenvalue weighted by molar-refractivity contribution is -0.115. The smallest absolute Gasteiger partial charge is 0.308 e. The molecule has 0 bridgehead atoms. The Morgan fingerprint density at radius 3 is 2.61 bits per heavy atom. The maximum atomic E-state index is 12.7. The van der Waals surface area contributed by atoms with E-state index in [9.17, 15) is 9.59 Å². The molecule has 0 radical (unpaired) electrons. The first kappa shape index (κ1) is 27.8. The molecule has 5 nitrogen and oxygen atoms in total. The third-order valence-corrected chi connectivity index (χ3v) is 7.93. The van der Waals surface area contributed by atoms with Crippen LogP contribution in [0.3, 0.4) is 0 Å². The Balaban J connectivity index is 0.00000176. The number of aryl methyl sites for hydroxylation is 1. The van der Waals surface area contributed by atoms with E-state index in [2.05, 4.69) is 43.4 Å². The van der Waals surface area contributed by atoms with E-state index < -0.39 is 0 Å². The molecule has 1 aliphatic rings. The number of nitrogens with zero attached hydrogens (tertiary/aromatic N) is 1. The normalized spacial score (nSPS) is 16.8. The van der Waals surface area contributed by atoms with E-state index in [1.807, 2.05) is 54.8 Å². The second-order valence-corrected chi connectivity index (χ2v) is 10.8. The number of carbonyl (C=O) groups is 1. The zero-order valence-corrected chi connectivity index (χ0v) is 23.4. The van der Waals surface area contributed by atoms with Gasteiger partial charge in [-0.15, -0.1) is 11.8 Å². The van der Waals surface area contributed by atoms with Crippen molar-refractivity contribution in [3.63, 3.8) is 0 Å². The molecule has 1 heterocycles. The quantitative estimate of drug-likeness (QED) is 0.303. The van der Waals surface area contributed by atoms with Gasteiger partial charge in [-0.25, -0.2) is 0 Å². The second-order valence-electron chi connectivity index (χ2n) is 8.45. The molecular weight excluding hydrogens is 488 g/mol. The Bertz CT molecular complexity index is 1270. The zero-order chi connectivity index (χ0) is 26.1. The van der Waals surface area contributed by atoms with Crippen LogP contribution in [0.1, 0.15) is 39.7 Å². The number of hydrogen-bond acceptors (Lipinski definition) is 5. The van der Waals surface area contributed by atoms with Gasteiger partial charge in [0.25, 0.3) is 0 Å². The van der Waals surface area contributed by atoms with Gasteiger partial charge < -0.3 is 10.1 Å². The van der Waals surface area contributed by atoms with Crippen molar-refractivity contribution < 1.29 is 9.53 Å². The Hall–Kier alpha value is -2.77. The predicted octanol–water partition coefficient (Wildman–Crippen LogP) is 7.12. The molecular formula is C29H36N2O3S2. The first-order valence-corrected chi connectivity index (χ1v) is 14.4. The Kier molecular flexibility index (Phi) is 10.4. The van der Waals surface area contributed by atoms with Crippen LogP contribution in [0.15, 0.2) is 76.1 Å². The molecule has 0 spiro atoms. The minimum absolute atomic E-state index is 0.0264. The monoisotopic (exact) mass is 524 g/mol. The van der Waals surface area contributed by atoms with Crippen LogP contribution < -0.4 is 10.2 Å². The van der Waals surface area contributed by atoms with Gasteiger partial charge in [-0.2, -0.15) is 0 Å².